The lowest BCUT2D eigenvalue weighted by atomic mass is 9.95. The Morgan fingerprint density at radius 1 is 1.22 bits per heavy atom. The first-order valence-corrected chi connectivity index (χ1v) is 12.0. The topological polar surface area (TPSA) is 45.9 Å². The molecule has 1 aromatic heterocycles. The van der Waals surface area contributed by atoms with Crippen LogP contribution in [-0.4, -0.2) is 41.6 Å². The van der Waals surface area contributed by atoms with E-state index in [1.54, 1.807) is 17.2 Å². The number of fused-ring (bicyclic) bond motifs is 1. The molecule has 0 fully saturated rings. The van der Waals surface area contributed by atoms with Crippen molar-refractivity contribution < 1.29 is 27.1 Å². The average molecular weight is 517 g/mol. The smallest absolute Gasteiger partial charge is 0.418 e. The molecule has 1 aromatic rings. The van der Waals surface area contributed by atoms with Crippen LogP contribution in [0.1, 0.15) is 25.3 Å². The van der Waals surface area contributed by atoms with E-state index in [0.717, 1.165) is 17.2 Å². The Bertz CT molecular complexity index is 1280. The molecule has 5 rings (SSSR count). The number of rotatable bonds is 3. The van der Waals surface area contributed by atoms with Crippen LogP contribution in [0.2, 0.25) is 0 Å². The van der Waals surface area contributed by atoms with Gasteiger partial charge in [-0.2, -0.15) is 13.2 Å². The molecule has 4 aliphatic heterocycles. The van der Waals surface area contributed by atoms with E-state index in [-0.39, 0.29) is 34.7 Å². The molecular weight excluding hydrogens is 493 g/mol. The van der Waals surface area contributed by atoms with Crippen molar-refractivity contribution in [3.8, 4) is 0 Å². The highest BCUT2D eigenvalue weighted by Crippen LogP contribution is 2.44. The van der Waals surface area contributed by atoms with Gasteiger partial charge in [0.1, 0.15) is 11.8 Å². The van der Waals surface area contributed by atoms with Crippen LogP contribution in [0.15, 0.2) is 99.0 Å². The number of amides is 1. The van der Waals surface area contributed by atoms with Gasteiger partial charge in [-0.25, -0.2) is 0 Å². The molecule has 0 aromatic carbocycles. The van der Waals surface area contributed by atoms with Crippen molar-refractivity contribution in [2.24, 2.45) is 5.92 Å². The van der Waals surface area contributed by atoms with Crippen molar-refractivity contribution in [3.63, 3.8) is 0 Å². The Morgan fingerprint density at radius 3 is 2.69 bits per heavy atom. The summed E-state index contributed by atoms with van der Waals surface area (Å²) < 4.78 is 52.7. The number of hydrogen-bond acceptors (Lipinski definition) is 4. The first kappa shape index (κ1) is 24.3. The van der Waals surface area contributed by atoms with Gasteiger partial charge < -0.3 is 19.0 Å². The summed E-state index contributed by atoms with van der Waals surface area (Å²) in [6, 6.07) is 1.58. The van der Waals surface area contributed by atoms with Crippen LogP contribution in [0.25, 0.3) is 5.57 Å². The molecule has 36 heavy (non-hydrogen) atoms. The predicted molar refractivity (Wildman–Crippen MR) is 130 cm³/mol. The molecule has 0 radical (unpaired) electrons. The summed E-state index contributed by atoms with van der Waals surface area (Å²) >= 11 is 6.77. The lowest BCUT2D eigenvalue weighted by Gasteiger charge is -2.32. The number of furan rings is 1. The summed E-state index contributed by atoms with van der Waals surface area (Å²) in [6.07, 6.45) is 10.8. The molecule has 0 saturated carbocycles. The SMILES string of the molecule is CC1CC=C2C(C(F)(F)F)=CC(c3ccoc3)=CN2C(Cl)=C1C(=O)N1CC=C(C2=COCC=C2)CC1. The van der Waals surface area contributed by atoms with E-state index in [2.05, 4.69) is 0 Å². The molecule has 0 spiro atoms. The molecule has 0 aliphatic carbocycles. The molecule has 5 heterocycles. The van der Waals surface area contributed by atoms with E-state index in [1.807, 2.05) is 25.2 Å². The Balaban J connectivity index is 1.48. The van der Waals surface area contributed by atoms with Gasteiger partial charge in [0.05, 0.1) is 35.6 Å². The maximum absolute atomic E-state index is 14.1. The zero-order valence-electron chi connectivity index (χ0n) is 19.5. The Hall–Kier alpha value is -3.39. The fraction of sp³-hybridized carbons (Fsp3) is 0.296. The van der Waals surface area contributed by atoms with Crippen LogP contribution in [0.3, 0.4) is 0 Å². The Kier molecular flexibility index (Phi) is 6.47. The zero-order valence-corrected chi connectivity index (χ0v) is 20.3. The molecule has 188 valence electrons. The molecule has 0 saturated heterocycles. The maximum Gasteiger partial charge on any atom is 0.418 e. The van der Waals surface area contributed by atoms with Crippen molar-refractivity contribution >= 4 is 23.1 Å². The number of carbonyl (C=O) groups is 1. The average Bonchev–Trinajstić information content (AvgIpc) is 3.38. The summed E-state index contributed by atoms with van der Waals surface area (Å²) in [4.78, 5) is 16.6. The molecule has 0 bridgehead atoms. The van der Waals surface area contributed by atoms with Gasteiger partial charge in [0, 0.05) is 36.0 Å². The number of nitrogens with zero attached hydrogens (tertiary/aromatic N) is 2. The first-order chi connectivity index (χ1) is 17.2. The number of halogens is 4. The van der Waals surface area contributed by atoms with Crippen molar-refractivity contribution in [1.29, 1.82) is 0 Å². The van der Waals surface area contributed by atoms with Gasteiger partial charge in [0.2, 0.25) is 0 Å². The highest BCUT2D eigenvalue weighted by molar-refractivity contribution is 6.32. The molecule has 1 unspecified atom stereocenters. The third-order valence-corrected chi connectivity index (χ3v) is 7.04. The number of ether oxygens (including phenoxy) is 1. The monoisotopic (exact) mass is 516 g/mol. The number of carbonyl (C=O) groups excluding carboxylic acids is 1. The van der Waals surface area contributed by atoms with Crippen LogP contribution in [0.5, 0.6) is 0 Å². The Labute approximate surface area is 211 Å². The molecular formula is C27H24ClF3N2O3. The number of alkyl halides is 3. The van der Waals surface area contributed by atoms with Gasteiger partial charge in [-0.1, -0.05) is 36.8 Å². The van der Waals surface area contributed by atoms with Crippen LogP contribution in [0, 0.1) is 5.92 Å². The lowest BCUT2D eigenvalue weighted by molar-refractivity contribution is -0.127. The summed E-state index contributed by atoms with van der Waals surface area (Å²) in [7, 11) is 0. The van der Waals surface area contributed by atoms with E-state index in [4.69, 9.17) is 20.8 Å². The summed E-state index contributed by atoms with van der Waals surface area (Å²) in [5.41, 5.74) is 2.25. The standard InChI is InChI=1S/C27H24ClF3N2O3/c1-17-4-5-23-22(27(29,30)31)13-21(20-8-12-36-16-20)14-33(23)25(28)24(17)26(34)32-9-6-18(7-10-32)19-3-2-11-35-15-19/h2-3,5-6,8,12-17H,4,7,9-11H2,1H3. The molecule has 0 N–H and O–H groups in total. The second kappa shape index (κ2) is 9.58. The van der Waals surface area contributed by atoms with Crippen molar-refractivity contribution in [2.45, 2.75) is 25.9 Å². The van der Waals surface area contributed by atoms with Crippen molar-refractivity contribution in [2.75, 3.05) is 19.7 Å². The van der Waals surface area contributed by atoms with E-state index >= 15 is 0 Å². The van der Waals surface area contributed by atoms with E-state index in [9.17, 15) is 18.0 Å². The summed E-state index contributed by atoms with van der Waals surface area (Å²) in [6.45, 7) is 3.20. The van der Waals surface area contributed by atoms with Crippen LogP contribution >= 0.6 is 11.6 Å². The van der Waals surface area contributed by atoms with E-state index in [1.165, 1.54) is 29.7 Å². The van der Waals surface area contributed by atoms with Gasteiger partial charge in [0.25, 0.3) is 5.91 Å². The molecule has 4 aliphatic rings. The highest BCUT2D eigenvalue weighted by atomic mass is 35.5. The lowest BCUT2D eigenvalue weighted by Crippen LogP contribution is -2.38. The Morgan fingerprint density at radius 2 is 2.06 bits per heavy atom. The van der Waals surface area contributed by atoms with E-state index in [0.29, 0.717) is 37.3 Å². The predicted octanol–water partition coefficient (Wildman–Crippen LogP) is 6.43. The van der Waals surface area contributed by atoms with Gasteiger partial charge in [-0.05, 0) is 42.6 Å². The zero-order chi connectivity index (χ0) is 25.4. The van der Waals surface area contributed by atoms with Crippen LogP contribution in [0.4, 0.5) is 13.2 Å². The second-order valence-corrected chi connectivity index (χ2v) is 9.35. The molecule has 1 amide bonds. The minimum absolute atomic E-state index is 0.0202. The highest BCUT2D eigenvalue weighted by Gasteiger charge is 2.42. The largest absolute Gasteiger partial charge is 0.496 e. The summed E-state index contributed by atoms with van der Waals surface area (Å²) in [5, 5.41) is -0.0202. The van der Waals surface area contributed by atoms with Gasteiger partial charge >= 0.3 is 6.18 Å². The number of allylic oxidation sites excluding steroid dienone is 6. The third kappa shape index (κ3) is 4.57. The van der Waals surface area contributed by atoms with Gasteiger partial charge in [-0.15, -0.1) is 0 Å². The van der Waals surface area contributed by atoms with Gasteiger partial charge in [0.15, 0.2) is 0 Å². The minimum Gasteiger partial charge on any atom is -0.496 e. The third-order valence-electron chi connectivity index (χ3n) is 6.65. The van der Waals surface area contributed by atoms with E-state index < -0.39 is 11.7 Å². The van der Waals surface area contributed by atoms with Crippen LogP contribution in [-0.2, 0) is 9.53 Å². The summed E-state index contributed by atoms with van der Waals surface area (Å²) in [5.74, 6) is -0.644. The van der Waals surface area contributed by atoms with Gasteiger partial charge in [-0.3, -0.25) is 4.79 Å². The molecule has 1 atom stereocenters. The van der Waals surface area contributed by atoms with Crippen molar-refractivity contribution in [1.82, 2.24) is 9.80 Å². The quantitative estimate of drug-likeness (QED) is 0.434. The fourth-order valence-electron chi connectivity index (χ4n) is 4.70. The minimum atomic E-state index is -4.61. The van der Waals surface area contributed by atoms with Crippen molar-refractivity contribution in [3.05, 3.63) is 100 Å². The normalized spacial score (nSPS) is 22.6. The molecule has 9 heteroatoms. The maximum atomic E-state index is 14.1. The second-order valence-electron chi connectivity index (χ2n) is 8.99. The molecule has 5 nitrogen and oxygen atoms in total. The number of hydrogen-bond donors (Lipinski definition) is 0. The fourth-order valence-corrected chi connectivity index (χ4v) is 5.11. The van der Waals surface area contributed by atoms with Crippen LogP contribution < -0.4 is 0 Å². The first-order valence-electron chi connectivity index (χ1n) is 11.6.